The lowest BCUT2D eigenvalue weighted by Gasteiger charge is -2.21. The van der Waals surface area contributed by atoms with Crippen molar-refractivity contribution in [1.29, 1.82) is 0 Å². The summed E-state index contributed by atoms with van der Waals surface area (Å²) in [6.07, 6.45) is -5.31. The second-order valence-corrected chi connectivity index (χ2v) is 6.53. The number of amides is 1. The van der Waals surface area contributed by atoms with Gasteiger partial charge in [0.05, 0.1) is 18.5 Å². The molecule has 6 nitrogen and oxygen atoms in total. The van der Waals surface area contributed by atoms with Crippen LogP contribution >= 0.6 is 0 Å². The van der Waals surface area contributed by atoms with Gasteiger partial charge in [0, 0.05) is 35.7 Å². The lowest BCUT2D eigenvalue weighted by molar-refractivity contribution is -0.144. The summed E-state index contributed by atoms with van der Waals surface area (Å²) >= 11 is 0. The number of rotatable bonds is 6. The van der Waals surface area contributed by atoms with E-state index in [0.717, 1.165) is 11.4 Å². The van der Waals surface area contributed by atoms with Gasteiger partial charge >= 0.3 is 6.18 Å². The second-order valence-electron chi connectivity index (χ2n) is 6.53. The summed E-state index contributed by atoms with van der Waals surface area (Å²) in [4.78, 5) is 22.5. The van der Waals surface area contributed by atoms with Gasteiger partial charge in [0.1, 0.15) is 0 Å². The maximum Gasteiger partial charge on any atom is 0.390 e. The predicted octanol–water partition coefficient (Wildman–Crippen LogP) is 3.24. The van der Waals surface area contributed by atoms with Gasteiger partial charge in [-0.3, -0.25) is 4.79 Å². The minimum atomic E-state index is -4.29. The molecule has 0 saturated carbocycles. The summed E-state index contributed by atoms with van der Waals surface area (Å²) in [6, 6.07) is 1.85. The van der Waals surface area contributed by atoms with Crippen molar-refractivity contribution in [3.05, 3.63) is 34.4 Å². The molecule has 0 fully saturated rings. The SMILES string of the molecule is CCN(CCC(F)(F)F)C(=O)Cc1c(C)nn(-c2nc(C)cc(C)n2)c1C. The van der Waals surface area contributed by atoms with Crippen LogP contribution in [0.1, 0.15) is 41.7 Å². The minimum Gasteiger partial charge on any atom is -0.342 e. The molecule has 0 bridgehead atoms. The van der Waals surface area contributed by atoms with E-state index in [1.807, 2.05) is 19.9 Å². The van der Waals surface area contributed by atoms with Crippen molar-refractivity contribution >= 4 is 5.91 Å². The summed E-state index contributed by atoms with van der Waals surface area (Å²) < 4.78 is 39.0. The fraction of sp³-hybridized carbons (Fsp3) is 0.556. The number of nitrogens with zero attached hydrogens (tertiary/aromatic N) is 5. The monoisotopic (exact) mass is 383 g/mol. The summed E-state index contributed by atoms with van der Waals surface area (Å²) in [5, 5.41) is 4.43. The van der Waals surface area contributed by atoms with E-state index < -0.39 is 12.6 Å². The molecular formula is C18H24F3N5O. The Morgan fingerprint density at radius 2 is 1.74 bits per heavy atom. The highest BCUT2D eigenvalue weighted by molar-refractivity contribution is 5.79. The van der Waals surface area contributed by atoms with E-state index in [9.17, 15) is 18.0 Å². The maximum absolute atomic E-state index is 12.5. The third kappa shape index (κ3) is 5.27. The van der Waals surface area contributed by atoms with Crippen LogP contribution in [0.15, 0.2) is 6.07 Å². The average Bonchev–Trinajstić information content (AvgIpc) is 2.81. The fourth-order valence-electron chi connectivity index (χ4n) is 2.91. The van der Waals surface area contributed by atoms with Crippen LogP contribution in [-0.2, 0) is 11.2 Å². The molecule has 0 unspecified atom stereocenters. The minimum absolute atomic E-state index is 0.00579. The zero-order chi connectivity index (χ0) is 20.4. The van der Waals surface area contributed by atoms with Gasteiger partial charge in [-0.25, -0.2) is 14.6 Å². The fourth-order valence-corrected chi connectivity index (χ4v) is 2.91. The standard InChI is InChI=1S/C18H24F3N5O/c1-6-25(8-7-18(19,20)21)16(27)10-15-13(4)24-26(14(15)5)17-22-11(2)9-12(3)23-17/h9H,6-8,10H2,1-5H3. The largest absolute Gasteiger partial charge is 0.390 e. The van der Waals surface area contributed by atoms with Gasteiger partial charge in [-0.1, -0.05) is 0 Å². The summed E-state index contributed by atoms with van der Waals surface area (Å²) in [5.41, 5.74) is 3.63. The van der Waals surface area contributed by atoms with Crippen molar-refractivity contribution in [2.45, 2.75) is 53.6 Å². The van der Waals surface area contributed by atoms with E-state index in [1.165, 1.54) is 4.90 Å². The van der Waals surface area contributed by atoms with Gasteiger partial charge in [-0.15, -0.1) is 0 Å². The molecule has 0 aromatic carbocycles. The Kier molecular flexibility index (Phi) is 6.22. The Hall–Kier alpha value is -2.45. The molecule has 0 N–H and O–H groups in total. The first-order valence-corrected chi connectivity index (χ1v) is 8.74. The molecular weight excluding hydrogens is 359 g/mol. The van der Waals surface area contributed by atoms with E-state index >= 15 is 0 Å². The van der Waals surface area contributed by atoms with Crippen molar-refractivity contribution in [3.63, 3.8) is 0 Å². The normalized spacial score (nSPS) is 11.7. The summed E-state index contributed by atoms with van der Waals surface area (Å²) in [5.74, 6) is 0.0602. The van der Waals surface area contributed by atoms with Gasteiger partial charge < -0.3 is 4.90 Å². The van der Waals surface area contributed by atoms with Gasteiger partial charge in [-0.2, -0.15) is 18.3 Å². The highest BCUT2D eigenvalue weighted by atomic mass is 19.4. The van der Waals surface area contributed by atoms with Crippen molar-refractivity contribution in [3.8, 4) is 5.95 Å². The van der Waals surface area contributed by atoms with Crippen LogP contribution in [0, 0.1) is 27.7 Å². The number of alkyl halides is 3. The van der Waals surface area contributed by atoms with Crippen LogP contribution in [0.5, 0.6) is 0 Å². The van der Waals surface area contributed by atoms with Gasteiger partial charge in [-0.05, 0) is 40.7 Å². The second kappa shape index (κ2) is 8.06. The van der Waals surface area contributed by atoms with Crippen LogP contribution < -0.4 is 0 Å². The number of hydrogen-bond acceptors (Lipinski definition) is 4. The van der Waals surface area contributed by atoms with Gasteiger partial charge in [0.15, 0.2) is 0 Å². The number of aryl methyl sites for hydroxylation is 3. The van der Waals surface area contributed by atoms with Crippen molar-refractivity contribution < 1.29 is 18.0 Å². The Bertz CT molecular complexity index is 809. The van der Waals surface area contributed by atoms with E-state index in [4.69, 9.17) is 0 Å². The molecule has 27 heavy (non-hydrogen) atoms. The molecule has 2 aromatic heterocycles. The Morgan fingerprint density at radius 1 is 1.15 bits per heavy atom. The van der Waals surface area contributed by atoms with Crippen molar-refractivity contribution in [1.82, 2.24) is 24.6 Å². The Balaban J connectivity index is 2.24. The molecule has 0 aliphatic carbocycles. The lowest BCUT2D eigenvalue weighted by Crippen LogP contribution is -2.35. The van der Waals surface area contributed by atoms with Crippen LogP contribution in [0.25, 0.3) is 5.95 Å². The molecule has 9 heteroatoms. The molecule has 0 aliphatic rings. The van der Waals surface area contributed by atoms with Crippen molar-refractivity contribution in [2.75, 3.05) is 13.1 Å². The number of hydrogen-bond donors (Lipinski definition) is 0. The van der Waals surface area contributed by atoms with E-state index in [0.29, 0.717) is 22.9 Å². The number of carbonyl (C=O) groups is 1. The smallest absolute Gasteiger partial charge is 0.342 e. The van der Waals surface area contributed by atoms with Crippen LogP contribution in [0.4, 0.5) is 13.2 Å². The number of likely N-dealkylation sites (N-methyl/N-ethyl adjacent to an activating group) is 1. The first-order chi connectivity index (χ1) is 12.5. The molecule has 0 aliphatic heterocycles. The number of aromatic nitrogens is 4. The highest BCUT2D eigenvalue weighted by Gasteiger charge is 2.29. The molecule has 2 heterocycles. The lowest BCUT2D eigenvalue weighted by atomic mass is 10.1. The van der Waals surface area contributed by atoms with Crippen LogP contribution in [0.2, 0.25) is 0 Å². The number of halogens is 3. The highest BCUT2D eigenvalue weighted by Crippen LogP contribution is 2.21. The maximum atomic E-state index is 12.5. The quantitative estimate of drug-likeness (QED) is 0.768. The third-order valence-electron chi connectivity index (χ3n) is 4.33. The van der Waals surface area contributed by atoms with Gasteiger partial charge in [0.2, 0.25) is 5.91 Å². The molecule has 2 rings (SSSR count). The molecule has 0 radical (unpaired) electrons. The zero-order valence-corrected chi connectivity index (χ0v) is 16.2. The van der Waals surface area contributed by atoms with E-state index in [-0.39, 0.29) is 25.4 Å². The molecule has 148 valence electrons. The van der Waals surface area contributed by atoms with Crippen molar-refractivity contribution in [2.24, 2.45) is 0 Å². The zero-order valence-electron chi connectivity index (χ0n) is 16.2. The first kappa shape index (κ1) is 20.9. The molecule has 2 aromatic rings. The average molecular weight is 383 g/mol. The molecule has 1 amide bonds. The summed E-state index contributed by atoms with van der Waals surface area (Å²) in [6.45, 7) is 8.83. The summed E-state index contributed by atoms with van der Waals surface area (Å²) in [7, 11) is 0. The number of carbonyl (C=O) groups excluding carboxylic acids is 1. The molecule has 0 spiro atoms. The van der Waals surface area contributed by atoms with E-state index in [1.54, 1.807) is 25.5 Å². The van der Waals surface area contributed by atoms with E-state index in [2.05, 4.69) is 15.1 Å². The molecule has 0 saturated heterocycles. The first-order valence-electron chi connectivity index (χ1n) is 8.74. The topological polar surface area (TPSA) is 63.9 Å². The Morgan fingerprint density at radius 3 is 2.26 bits per heavy atom. The van der Waals surface area contributed by atoms with Crippen LogP contribution in [-0.4, -0.2) is 49.8 Å². The molecule has 0 atom stereocenters. The Labute approximate surface area is 156 Å². The predicted molar refractivity (Wildman–Crippen MR) is 94.7 cm³/mol. The van der Waals surface area contributed by atoms with Gasteiger partial charge in [0.25, 0.3) is 5.95 Å². The van der Waals surface area contributed by atoms with Crippen LogP contribution in [0.3, 0.4) is 0 Å². The third-order valence-corrected chi connectivity index (χ3v) is 4.33.